The molecule has 1 heterocycles. The van der Waals surface area contributed by atoms with E-state index in [0.717, 1.165) is 0 Å². The molecule has 0 spiro atoms. The van der Waals surface area contributed by atoms with E-state index >= 15 is 0 Å². The molecule has 0 saturated carbocycles. The van der Waals surface area contributed by atoms with Gasteiger partial charge in [0, 0.05) is 0 Å². The van der Waals surface area contributed by atoms with Crippen LogP contribution in [0.25, 0.3) is 0 Å². The molecule has 0 radical (unpaired) electrons. The van der Waals surface area contributed by atoms with E-state index in [0.29, 0.717) is 17.2 Å². The lowest BCUT2D eigenvalue weighted by Gasteiger charge is -2.25. The third kappa shape index (κ3) is 5.63. The van der Waals surface area contributed by atoms with E-state index in [9.17, 15) is 14.4 Å². The number of amides is 2. The van der Waals surface area contributed by atoms with Crippen molar-refractivity contribution in [1.82, 2.24) is 10.9 Å². The number of benzene rings is 2. The quantitative estimate of drug-likeness (QED) is 0.546. The Morgan fingerprint density at radius 1 is 1.03 bits per heavy atom. The number of hydrazine groups is 1. The molecule has 9 nitrogen and oxygen atoms in total. The molecule has 0 unspecified atom stereocenters. The van der Waals surface area contributed by atoms with E-state index in [-0.39, 0.29) is 18.3 Å². The van der Waals surface area contributed by atoms with Crippen LogP contribution in [0, 0.1) is 0 Å². The first-order valence-corrected chi connectivity index (χ1v) is 9.33. The number of para-hydroxylation sites is 2. The van der Waals surface area contributed by atoms with Crippen molar-refractivity contribution in [2.24, 2.45) is 0 Å². The number of esters is 1. The fourth-order valence-corrected chi connectivity index (χ4v) is 2.55. The third-order valence-electron chi connectivity index (χ3n) is 3.92. The number of rotatable bonds is 6. The van der Waals surface area contributed by atoms with Crippen LogP contribution in [0.15, 0.2) is 48.5 Å². The molecule has 1 aliphatic heterocycles. The molecule has 2 aromatic carbocycles. The summed E-state index contributed by atoms with van der Waals surface area (Å²) in [6, 6.07) is 13.3. The summed E-state index contributed by atoms with van der Waals surface area (Å²) in [5, 5.41) is 0. The van der Waals surface area contributed by atoms with Gasteiger partial charge in [0.05, 0.1) is 11.7 Å². The molecule has 158 valence electrons. The number of hydrogen-bond acceptors (Lipinski definition) is 7. The molecule has 0 saturated heterocycles. The molecule has 3 rings (SSSR count). The van der Waals surface area contributed by atoms with Crippen LogP contribution >= 0.6 is 0 Å². The van der Waals surface area contributed by atoms with Gasteiger partial charge in [-0.05, 0) is 50.2 Å². The zero-order valence-electron chi connectivity index (χ0n) is 16.5. The van der Waals surface area contributed by atoms with Crippen LogP contribution in [-0.2, 0) is 14.3 Å². The molecule has 2 N–H and O–H groups in total. The largest absolute Gasteiger partial charge is 0.491 e. The summed E-state index contributed by atoms with van der Waals surface area (Å²) in [7, 11) is 0. The second-order valence-corrected chi connectivity index (χ2v) is 6.67. The molecular weight excluding hydrogens is 392 g/mol. The van der Waals surface area contributed by atoms with E-state index in [1.165, 1.54) is 12.1 Å². The second kappa shape index (κ2) is 9.64. The Morgan fingerprint density at radius 2 is 1.73 bits per heavy atom. The Kier molecular flexibility index (Phi) is 6.74. The van der Waals surface area contributed by atoms with Gasteiger partial charge in [0.15, 0.2) is 18.1 Å². The minimum Gasteiger partial charge on any atom is -0.491 e. The van der Waals surface area contributed by atoms with E-state index in [1.54, 1.807) is 36.4 Å². The van der Waals surface area contributed by atoms with Crippen LogP contribution in [0.5, 0.6) is 17.2 Å². The lowest BCUT2D eigenvalue weighted by Crippen LogP contribution is -2.51. The summed E-state index contributed by atoms with van der Waals surface area (Å²) >= 11 is 0. The van der Waals surface area contributed by atoms with Gasteiger partial charge < -0.3 is 18.9 Å². The topological polar surface area (TPSA) is 112 Å². The molecule has 0 aromatic heterocycles. The predicted molar refractivity (Wildman–Crippen MR) is 105 cm³/mol. The average Bonchev–Trinajstić information content (AvgIpc) is 2.75. The van der Waals surface area contributed by atoms with Crippen LogP contribution in [0.4, 0.5) is 0 Å². The molecule has 0 aliphatic carbocycles. The van der Waals surface area contributed by atoms with Crippen LogP contribution in [-0.4, -0.2) is 43.2 Å². The van der Waals surface area contributed by atoms with Gasteiger partial charge in [0.2, 0.25) is 6.10 Å². The molecule has 0 fully saturated rings. The minimum absolute atomic E-state index is 0.00419. The number of carbonyl (C=O) groups is 3. The van der Waals surface area contributed by atoms with Crippen LogP contribution < -0.4 is 25.1 Å². The fourth-order valence-electron chi connectivity index (χ4n) is 2.55. The van der Waals surface area contributed by atoms with Crippen molar-refractivity contribution in [2.45, 2.75) is 26.1 Å². The first-order chi connectivity index (χ1) is 14.4. The van der Waals surface area contributed by atoms with Gasteiger partial charge in [0.25, 0.3) is 11.8 Å². The van der Waals surface area contributed by atoms with Gasteiger partial charge >= 0.3 is 5.97 Å². The lowest BCUT2D eigenvalue weighted by atomic mass is 10.2. The Morgan fingerprint density at radius 3 is 2.43 bits per heavy atom. The minimum atomic E-state index is -0.922. The maximum Gasteiger partial charge on any atom is 0.338 e. The number of ether oxygens (including phenoxy) is 4. The van der Waals surface area contributed by atoms with Crippen molar-refractivity contribution in [3.63, 3.8) is 0 Å². The van der Waals surface area contributed by atoms with Crippen molar-refractivity contribution >= 4 is 17.8 Å². The van der Waals surface area contributed by atoms with E-state index < -0.39 is 30.5 Å². The first-order valence-electron chi connectivity index (χ1n) is 9.33. The summed E-state index contributed by atoms with van der Waals surface area (Å²) in [5.41, 5.74) is 4.66. The van der Waals surface area contributed by atoms with Crippen molar-refractivity contribution in [2.75, 3.05) is 13.2 Å². The number of nitrogens with one attached hydrogen (secondary N) is 2. The predicted octanol–water partition coefficient (Wildman–Crippen LogP) is 1.62. The maximum absolute atomic E-state index is 12.1. The maximum atomic E-state index is 12.1. The van der Waals surface area contributed by atoms with Crippen LogP contribution in [0.1, 0.15) is 24.2 Å². The summed E-state index contributed by atoms with van der Waals surface area (Å²) in [5.74, 6) is -0.361. The van der Waals surface area contributed by atoms with E-state index in [2.05, 4.69) is 10.9 Å². The van der Waals surface area contributed by atoms with Gasteiger partial charge in [-0.3, -0.25) is 20.4 Å². The Balaban J connectivity index is 1.40. The first kappa shape index (κ1) is 21.0. The Labute approximate surface area is 173 Å². The smallest absolute Gasteiger partial charge is 0.338 e. The second-order valence-electron chi connectivity index (χ2n) is 6.67. The zero-order chi connectivity index (χ0) is 21.5. The SMILES string of the molecule is CC(C)Oc1ccc(C(=O)OCC(=O)NNC(=O)[C@H]2COc3ccccc3O2)cc1. The van der Waals surface area contributed by atoms with Gasteiger partial charge in [-0.2, -0.15) is 0 Å². The molecule has 0 bridgehead atoms. The van der Waals surface area contributed by atoms with Crippen LogP contribution in [0.2, 0.25) is 0 Å². The average molecular weight is 414 g/mol. The Hall–Kier alpha value is -3.75. The fraction of sp³-hybridized carbons (Fsp3) is 0.286. The highest BCUT2D eigenvalue weighted by Crippen LogP contribution is 2.30. The van der Waals surface area contributed by atoms with Gasteiger partial charge in [-0.15, -0.1) is 0 Å². The van der Waals surface area contributed by atoms with Gasteiger partial charge in [-0.25, -0.2) is 4.79 Å². The highest BCUT2D eigenvalue weighted by Gasteiger charge is 2.27. The van der Waals surface area contributed by atoms with Crippen molar-refractivity contribution in [3.8, 4) is 17.2 Å². The van der Waals surface area contributed by atoms with Crippen molar-refractivity contribution in [1.29, 1.82) is 0 Å². The molecule has 30 heavy (non-hydrogen) atoms. The number of fused-ring (bicyclic) bond motifs is 1. The van der Waals surface area contributed by atoms with Gasteiger partial charge in [0.1, 0.15) is 12.4 Å². The summed E-state index contributed by atoms with van der Waals surface area (Å²) < 4.78 is 21.4. The highest BCUT2D eigenvalue weighted by atomic mass is 16.6. The summed E-state index contributed by atoms with van der Waals surface area (Å²) in [6.45, 7) is 3.23. The highest BCUT2D eigenvalue weighted by molar-refractivity contribution is 5.92. The Bertz CT molecular complexity index is 912. The zero-order valence-corrected chi connectivity index (χ0v) is 16.5. The molecule has 1 atom stereocenters. The normalized spacial score (nSPS) is 14.6. The molecule has 9 heteroatoms. The van der Waals surface area contributed by atoms with Crippen LogP contribution in [0.3, 0.4) is 0 Å². The third-order valence-corrected chi connectivity index (χ3v) is 3.92. The lowest BCUT2D eigenvalue weighted by molar-refractivity contribution is -0.135. The monoisotopic (exact) mass is 414 g/mol. The van der Waals surface area contributed by atoms with Gasteiger partial charge in [-0.1, -0.05) is 12.1 Å². The van der Waals surface area contributed by atoms with E-state index in [1.807, 2.05) is 13.8 Å². The molecule has 2 aromatic rings. The summed E-state index contributed by atoms with van der Waals surface area (Å²) in [4.78, 5) is 36.0. The molecule has 2 amide bonds. The summed E-state index contributed by atoms with van der Waals surface area (Å²) in [6.07, 6.45) is -0.906. The van der Waals surface area contributed by atoms with Crippen molar-refractivity contribution < 1.29 is 33.3 Å². The molecular formula is C21H22N2O7. The standard InChI is InChI=1S/C21H22N2O7/c1-13(2)29-15-9-7-14(8-10-15)21(26)28-12-19(24)22-23-20(25)18-11-27-16-5-3-4-6-17(16)30-18/h3-10,13,18H,11-12H2,1-2H3,(H,22,24)(H,23,25)/t18-/m1/s1. The number of hydrogen-bond donors (Lipinski definition) is 2. The molecule has 1 aliphatic rings. The van der Waals surface area contributed by atoms with Crippen molar-refractivity contribution in [3.05, 3.63) is 54.1 Å². The number of carbonyl (C=O) groups excluding carboxylic acids is 3. The van der Waals surface area contributed by atoms with E-state index in [4.69, 9.17) is 18.9 Å².